The van der Waals surface area contributed by atoms with Crippen LogP contribution in [0.5, 0.6) is 0 Å². The molecule has 1 atom stereocenters. The number of hydrogen-bond acceptors (Lipinski definition) is 5. The molecule has 28 heavy (non-hydrogen) atoms. The molecule has 1 unspecified atom stereocenters. The second-order valence-electron chi connectivity index (χ2n) is 6.45. The van der Waals surface area contributed by atoms with Gasteiger partial charge in [-0.15, -0.1) is 0 Å². The fraction of sp³-hybridized carbons (Fsp3) is 0.300. The van der Waals surface area contributed by atoms with Gasteiger partial charge in [-0.1, -0.05) is 13.0 Å². The van der Waals surface area contributed by atoms with E-state index in [2.05, 4.69) is 10.6 Å². The van der Waals surface area contributed by atoms with Crippen molar-refractivity contribution in [1.82, 2.24) is 0 Å². The number of carbonyl (C=O) groups excluding carboxylic acids is 2. The van der Waals surface area contributed by atoms with Gasteiger partial charge in [-0.05, 0) is 55.3 Å². The number of benzene rings is 2. The highest BCUT2D eigenvalue weighted by atomic mass is 32.2. The third kappa shape index (κ3) is 4.76. The predicted octanol–water partition coefficient (Wildman–Crippen LogP) is 2.85. The minimum Gasteiger partial charge on any atom is -0.368 e. The van der Waals surface area contributed by atoms with Crippen molar-refractivity contribution >= 4 is 33.0 Å². The summed E-state index contributed by atoms with van der Waals surface area (Å²) in [5, 5.41) is 5.48. The molecule has 3 rings (SSSR count). The summed E-state index contributed by atoms with van der Waals surface area (Å²) in [4.78, 5) is 24.8. The van der Waals surface area contributed by atoms with Crippen LogP contribution >= 0.6 is 0 Å². The van der Waals surface area contributed by atoms with E-state index in [1.54, 1.807) is 43.3 Å². The first-order valence-corrected chi connectivity index (χ1v) is 10.7. The minimum absolute atomic E-state index is 0.0170. The van der Waals surface area contributed by atoms with Gasteiger partial charge in [0.1, 0.15) is 6.10 Å². The van der Waals surface area contributed by atoms with E-state index in [1.165, 1.54) is 12.1 Å². The molecule has 0 aliphatic carbocycles. The van der Waals surface area contributed by atoms with Crippen molar-refractivity contribution in [3.8, 4) is 0 Å². The van der Waals surface area contributed by atoms with Crippen molar-refractivity contribution < 1.29 is 22.7 Å². The Kier molecular flexibility index (Phi) is 6.11. The normalized spacial score (nSPS) is 16.5. The largest absolute Gasteiger partial charge is 0.368 e. The molecule has 0 aromatic heterocycles. The zero-order valence-corrected chi connectivity index (χ0v) is 16.3. The van der Waals surface area contributed by atoms with Crippen LogP contribution in [0.1, 0.15) is 30.1 Å². The number of hydrogen-bond donors (Lipinski definition) is 2. The summed E-state index contributed by atoms with van der Waals surface area (Å²) >= 11 is 0. The highest BCUT2D eigenvalue weighted by Crippen LogP contribution is 2.19. The van der Waals surface area contributed by atoms with Crippen molar-refractivity contribution in [3.63, 3.8) is 0 Å². The third-order valence-corrected chi connectivity index (χ3v) is 6.22. The Bertz CT molecular complexity index is 964. The van der Waals surface area contributed by atoms with Gasteiger partial charge in [0.25, 0.3) is 11.8 Å². The molecule has 0 spiro atoms. The molecule has 7 nitrogen and oxygen atoms in total. The number of nitrogens with one attached hydrogen (secondary N) is 2. The molecule has 0 radical (unpaired) electrons. The summed E-state index contributed by atoms with van der Waals surface area (Å²) in [7, 11) is -3.28. The number of anilines is 2. The summed E-state index contributed by atoms with van der Waals surface area (Å²) < 4.78 is 29.0. The van der Waals surface area contributed by atoms with Gasteiger partial charge in [0.05, 0.1) is 10.6 Å². The molecule has 1 fully saturated rings. The van der Waals surface area contributed by atoms with Gasteiger partial charge in [0.2, 0.25) is 0 Å². The molecule has 1 heterocycles. The number of amides is 2. The van der Waals surface area contributed by atoms with Gasteiger partial charge in [-0.25, -0.2) is 8.42 Å². The minimum atomic E-state index is -3.28. The smallest absolute Gasteiger partial charge is 0.255 e. The lowest BCUT2D eigenvalue weighted by Crippen LogP contribution is -2.27. The standard InChI is InChI=1S/C20H22N2O5S/c1-2-28(25,26)17-10-8-15(9-11-17)21-19(23)14-5-3-6-16(13-14)22-20(24)18-7-4-12-27-18/h3,5-6,8-11,13,18H,2,4,7,12H2,1H3,(H,21,23)(H,22,24). The summed E-state index contributed by atoms with van der Waals surface area (Å²) in [6, 6.07) is 12.6. The molecule has 2 aromatic rings. The first-order valence-electron chi connectivity index (χ1n) is 9.06. The molecule has 1 aliphatic rings. The molecule has 0 bridgehead atoms. The number of ether oxygens (including phenoxy) is 1. The summed E-state index contributed by atoms with van der Waals surface area (Å²) in [6.07, 6.45) is 1.10. The number of sulfone groups is 1. The van der Waals surface area contributed by atoms with E-state index in [1.807, 2.05) is 0 Å². The van der Waals surface area contributed by atoms with Crippen molar-refractivity contribution in [2.75, 3.05) is 23.0 Å². The Morgan fingerprint density at radius 2 is 1.82 bits per heavy atom. The highest BCUT2D eigenvalue weighted by Gasteiger charge is 2.23. The van der Waals surface area contributed by atoms with Crippen LogP contribution in [-0.2, 0) is 19.4 Å². The van der Waals surface area contributed by atoms with Crippen LogP contribution in [0.15, 0.2) is 53.4 Å². The Labute approximate surface area is 164 Å². The second kappa shape index (κ2) is 8.53. The lowest BCUT2D eigenvalue weighted by atomic mass is 10.1. The molecular formula is C20H22N2O5S. The monoisotopic (exact) mass is 402 g/mol. The molecule has 2 N–H and O–H groups in total. The molecule has 1 aliphatic heterocycles. The molecule has 8 heteroatoms. The van der Waals surface area contributed by atoms with Crippen LogP contribution in [0, 0.1) is 0 Å². The van der Waals surface area contributed by atoms with Crippen LogP contribution in [0.2, 0.25) is 0 Å². The van der Waals surface area contributed by atoms with Gasteiger partial charge in [0, 0.05) is 23.5 Å². The average molecular weight is 402 g/mol. The average Bonchev–Trinajstić information content (AvgIpc) is 3.23. The molecule has 148 valence electrons. The van der Waals surface area contributed by atoms with Crippen LogP contribution < -0.4 is 10.6 Å². The lowest BCUT2D eigenvalue weighted by Gasteiger charge is -2.11. The van der Waals surface area contributed by atoms with Gasteiger partial charge in [0.15, 0.2) is 9.84 Å². The maximum atomic E-state index is 12.5. The van der Waals surface area contributed by atoms with Crippen molar-refractivity contribution in [3.05, 3.63) is 54.1 Å². The molecule has 0 saturated carbocycles. The van der Waals surface area contributed by atoms with E-state index >= 15 is 0 Å². The van der Waals surface area contributed by atoms with E-state index in [9.17, 15) is 18.0 Å². The van der Waals surface area contributed by atoms with E-state index in [-0.39, 0.29) is 22.5 Å². The quantitative estimate of drug-likeness (QED) is 0.774. The second-order valence-corrected chi connectivity index (χ2v) is 8.73. The van der Waals surface area contributed by atoms with Crippen molar-refractivity contribution in [2.45, 2.75) is 30.8 Å². The van der Waals surface area contributed by atoms with E-state index < -0.39 is 15.9 Å². The summed E-state index contributed by atoms with van der Waals surface area (Å²) in [5.41, 5.74) is 1.36. The van der Waals surface area contributed by atoms with E-state index in [0.717, 1.165) is 6.42 Å². The van der Waals surface area contributed by atoms with Gasteiger partial charge in [-0.2, -0.15) is 0 Å². The van der Waals surface area contributed by atoms with Crippen LogP contribution in [0.3, 0.4) is 0 Å². The first-order chi connectivity index (χ1) is 13.4. The molecule has 2 amide bonds. The molecule has 1 saturated heterocycles. The fourth-order valence-electron chi connectivity index (χ4n) is 2.86. The molecule has 2 aromatic carbocycles. The van der Waals surface area contributed by atoms with Crippen LogP contribution in [-0.4, -0.2) is 38.7 Å². The topological polar surface area (TPSA) is 102 Å². The van der Waals surface area contributed by atoms with Gasteiger partial charge >= 0.3 is 0 Å². The highest BCUT2D eigenvalue weighted by molar-refractivity contribution is 7.91. The molecular weight excluding hydrogens is 380 g/mol. The van der Waals surface area contributed by atoms with Crippen LogP contribution in [0.25, 0.3) is 0 Å². The van der Waals surface area contributed by atoms with Gasteiger partial charge in [-0.3, -0.25) is 9.59 Å². The summed E-state index contributed by atoms with van der Waals surface area (Å²) in [6.45, 7) is 2.16. The zero-order valence-electron chi connectivity index (χ0n) is 15.5. The Balaban J connectivity index is 1.66. The third-order valence-electron chi connectivity index (χ3n) is 4.47. The number of carbonyl (C=O) groups is 2. The fourth-order valence-corrected chi connectivity index (χ4v) is 3.75. The predicted molar refractivity (Wildman–Crippen MR) is 106 cm³/mol. The number of rotatable bonds is 6. The lowest BCUT2D eigenvalue weighted by molar-refractivity contribution is -0.124. The zero-order chi connectivity index (χ0) is 20.1. The van der Waals surface area contributed by atoms with Crippen molar-refractivity contribution in [2.24, 2.45) is 0 Å². The maximum absolute atomic E-state index is 12.5. The SMILES string of the molecule is CCS(=O)(=O)c1ccc(NC(=O)c2cccc(NC(=O)C3CCCO3)c2)cc1. The summed E-state index contributed by atoms with van der Waals surface area (Å²) in [5.74, 6) is -0.564. The van der Waals surface area contributed by atoms with Crippen LogP contribution in [0.4, 0.5) is 11.4 Å². The first kappa shape index (κ1) is 20.0. The Morgan fingerprint density at radius 3 is 2.46 bits per heavy atom. The van der Waals surface area contributed by atoms with Crippen molar-refractivity contribution in [1.29, 1.82) is 0 Å². The van der Waals surface area contributed by atoms with Gasteiger partial charge < -0.3 is 15.4 Å². The maximum Gasteiger partial charge on any atom is 0.255 e. The Morgan fingerprint density at radius 1 is 1.07 bits per heavy atom. The Hall–Kier alpha value is -2.71. The van der Waals surface area contributed by atoms with E-state index in [4.69, 9.17) is 4.74 Å². The van der Waals surface area contributed by atoms with E-state index in [0.29, 0.717) is 30.0 Å².